The minimum atomic E-state index is -1.18. The first-order chi connectivity index (χ1) is 14.4. The van der Waals surface area contributed by atoms with Gasteiger partial charge in [-0.25, -0.2) is 4.79 Å². The lowest BCUT2D eigenvalue weighted by molar-refractivity contribution is -0.134. The quantitative estimate of drug-likeness (QED) is 0.512. The van der Waals surface area contributed by atoms with Gasteiger partial charge in [0.1, 0.15) is 11.3 Å². The van der Waals surface area contributed by atoms with E-state index in [-0.39, 0.29) is 28.8 Å². The molecule has 0 bridgehead atoms. The predicted molar refractivity (Wildman–Crippen MR) is 116 cm³/mol. The predicted octanol–water partition coefficient (Wildman–Crippen LogP) is 5.30. The number of nitrogens with zero attached hydrogens (tertiary/aromatic N) is 1. The second-order valence-corrected chi connectivity index (χ2v) is 7.40. The van der Waals surface area contributed by atoms with E-state index in [9.17, 15) is 14.7 Å². The smallest absolute Gasteiger partial charge is 0.339 e. The number of benzene rings is 3. The van der Waals surface area contributed by atoms with Crippen molar-refractivity contribution in [3.05, 3.63) is 99.5 Å². The number of rotatable bonds is 8. The standard InChI is InChI=1S/C23H19Cl2NO4/c24-18-10-11-21(19(12-18)23(28)29)30-15-22(27)26(13-16-6-2-1-3-7-16)14-17-8-4-5-9-20(17)25/h1-12H,13-15H2,(H,28,29). The topological polar surface area (TPSA) is 66.8 Å². The number of ether oxygens (including phenoxy) is 1. The second kappa shape index (κ2) is 10.1. The van der Waals surface area contributed by atoms with Crippen LogP contribution in [0, 0.1) is 0 Å². The number of amides is 1. The summed E-state index contributed by atoms with van der Waals surface area (Å²) >= 11 is 12.1. The van der Waals surface area contributed by atoms with Gasteiger partial charge in [0.15, 0.2) is 6.61 Å². The average molecular weight is 444 g/mol. The third-order valence-electron chi connectivity index (χ3n) is 4.41. The zero-order valence-electron chi connectivity index (χ0n) is 15.9. The van der Waals surface area contributed by atoms with Gasteiger partial charge in [0.25, 0.3) is 5.91 Å². The number of carbonyl (C=O) groups is 2. The van der Waals surface area contributed by atoms with Crippen molar-refractivity contribution in [2.24, 2.45) is 0 Å². The van der Waals surface area contributed by atoms with Gasteiger partial charge < -0.3 is 14.7 Å². The van der Waals surface area contributed by atoms with Crippen LogP contribution in [0.1, 0.15) is 21.5 Å². The molecule has 0 unspecified atom stereocenters. The molecule has 0 atom stereocenters. The van der Waals surface area contributed by atoms with E-state index in [1.54, 1.807) is 11.0 Å². The molecule has 5 nitrogen and oxygen atoms in total. The van der Waals surface area contributed by atoms with Crippen molar-refractivity contribution in [3.8, 4) is 5.75 Å². The van der Waals surface area contributed by atoms with Crippen LogP contribution in [0.2, 0.25) is 10.0 Å². The Morgan fingerprint density at radius 1 is 0.900 bits per heavy atom. The minimum Gasteiger partial charge on any atom is -0.483 e. The molecule has 3 rings (SSSR count). The molecule has 7 heteroatoms. The zero-order chi connectivity index (χ0) is 21.5. The van der Waals surface area contributed by atoms with Crippen molar-refractivity contribution < 1.29 is 19.4 Å². The normalized spacial score (nSPS) is 10.5. The van der Waals surface area contributed by atoms with Crippen LogP contribution in [0.3, 0.4) is 0 Å². The first-order valence-electron chi connectivity index (χ1n) is 9.15. The van der Waals surface area contributed by atoms with Crippen LogP contribution in [-0.2, 0) is 17.9 Å². The highest BCUT2D eigenvalue weighted by atomic mass is 35.5. The maximum atomic E-state index is 13.0. The Morgan fingerprint density at radius 2 is 1.60 bits per heavy atom. The third-order valence-corrected chi connectivity index (χ3v) is 5.01. The van der Waals surface area contributed by atoms with Crippen molar-refractivity contribution in [1.82, 2.24) is 4.90 Å². The summed E-state index contributed by atoms with van der Waals surface area (Å²) in [5.41, 5.74) is 1.66. The molecular formula is C23H19Cl2NO4. The monoisotopic (exact) mass is 443 g/mol. The molecule has 1 N–H and O–H groups in total. The summed E-state index contributed by atoms with van der Waals surface area (Å²) in [5, 5.41) is 10.2. The number of hydrogen-bond acceptors (Lipinski definition) is 3. The number of carboxylic acid groups (broad SMARTS) is 1. The fourth-order valence-electron chi connectivity index (χ4n) is 2.89. The summed E-state index contributed by atoms with van der Waals surface area (Å²) < 4.78 is 5.54. The van der Waals surface area contributed by atoms with E-state index in [0.717, 1.165) is 11.1 Å². The first kappa shape index (κ1) is 21.7. The van der Waals surface area contributed by atoms with Gasteiger partial charge in [-0.2, -0.15) is 0 Å². The molecule has 30 heavy (non-hydrogen) atoms. The highest BCUT2D eigenvalue weighted by Crippen LogP contribution is 2.24. The van der Waals surface area contributed by atoms with Crippen molar-refractivity contribution in [1.29, 1.82) is 0 Å². The van der Waals surface area contributed by atoms with E-state index in [2.05, 4.69) is 0 Å². The molecule has 0 saturated heterocycles. The maximum absolute atomic E-state index is 13.0. The lowest BCUT2D eigenvalue weighted by atomic mass is 10.1. The minimum absolute atomic E-state index is 0.0812. The molecule has 0 heterocycles. The molecule has 1 amide bonds. The van der Waals surface area contributed by atoms with Crippen molar-refractivity contribution >= 4 is 35.1 Å². The molecule has 154 valence electrons. The van der Waals surface area contributed by atoms with E-state index in [1.165, 1.54) is 18.2 Å². The van der Waals surface area contributed by atoms with Crippen LogP contribution >= 0.6 is 23.2 Å². The molecule has 0 aromatic heterocycles. The van der Waals surface area contributed by atoms with Gasteiger partial charge in [0.2, 0.25) is 0 Å². The Balaban J connectivity index is 1.78. The largest absolute Gasteiger partial charge is 0.483 e. The van der Waals surface area contributed by atoms with Crippen molar-refractivity contribution in [2.45, 2.75) is 13.1 Å². The molecule has 0 aliphatic rings. The molecule has 0 radical (unpaired) electrons. The van der Waals surface area contributed by atoms with Gasteiger partial charge in [-0.05, 0) is 35.4 Å². The Hall–Kier alpha value is -3.02. The summed E-state index contributed by atoms with van der Waals surface area (Å²) in [6.45, 7) is 0.336. The maximum Gasteiger partial charge on any atom is 0.339 e. The molecule has 0 aliphatic carbocycles. The van der Waals surface area contributed by atoms with E-state index in [4.69, 9.17) is 27.9 Å². The molecular weight excluding hydrogens is 425 g/mol. The molecule has 3 aromatic rings. The number of halogens is 2. The fourth-order valence-corrected chi connectivity index (χ4v) is 3.26. The second-order valence-electron chi connectivity index (χ2n) is 6.56. The van der Waals surface area contributed by atoms with E-state index in [1.807, 2.05) is 48.5 Å². The summed E-state index contributed by atoms with van der Waals surface area (Å²) in [5.74, 6) is -1.40. The van der Waals surface area contributed by atoms with Crippen molar-refractivity contribution in [2.75, 3.05) is 6.61 Å². The lowest BCUT2D eigenvalue weighted by Gasteiger charge is -2.24. The van der Waals surface area contributed by atoms with Crippen LogP contribution in [0.4, 0.5) is 0 Å². The van der Waals surface area contributed by atoms with Gasteiger partial charge in [0, 0.05) is 23.1 Å². The van der Waals surface area contributed by atoms with Crippen molar-refractivity contribution in [3.63, 3.8) is 0 Å². The SMILES string of the molecule is O=C(O)c1cc(Cl)ccc1OCC(=O)N(Cc1ccccc1)Cc1ccccc1Cl. The summed E-state index contributed by atoms with van der Waals surface area (Å²) in [7, 11) is 0. The Bertz CT molecular complexity index is 1040. The molecule has 3 aromatic carbocycles. The average Bonchev–Trinajstić information content (AvgIpc) is 2.74. The highest BCUT2D eigenvalue weighted by molar-refractivity contribution is 6.31. The first-order valence-corrected chi connectivity index (χ1v) is 9.90. The number of carbonyl (C=O) groups excluding carboxylic acids is 1. The van der Waals surface area contributed by atoms with Crippen LogP contribution in [0.15, 0.2) is 72.8 Å². The summed E-state index contributed by atoms with van der Waals surface area (Å²) in [4.78, 5) is 26.0. The Labute approximate surface area is 184 Å². The number of hydrogen-bond donors (Lipinski definition) is 1. The fraction of sp³-hybridized carbons (Fsp3) is 0.130. The van der Waals surface area contributed by atoms with Crippen LogP contribution < -0.4 is 4.74 Å². The molecule has 0 fully saturated rings. The summed E-state index contributed by atoms with van der Waals surface area (Å²) in [6.07, 6.45) is 0. The van der Waals surface area contributed by atoms with Crippen LogP contribution in [0.25, 0.3) is 0 Å². The van der Waals surface area contributed by atoms with Gasteiger partial charge >= 0.3 is 5.97 Å². The molecule has 0 saturated carbocycles. The highest BCUT2D eigenvalue weighted by Gasteiger charge is 2.19. The van der Waals surface area contributed by atoms with E-state index < -0.39 is 5.97 Å². The van der Waals surface area contributed by atoms with Crippen LogP contribution in [-0.4, -0.2) is 28.5 Å². The lowest BCUT2D eigenvalue weighted by Crippen LogP contribution is -2.34. The number of carboxylic acids is 1. The third kappa shape index (κ3) is 5.75. The number of aromatic carboxylic acids is 1. The van der Waals surface area contributed by atoms with Gasteiger partial charge in [0.05, 0.1) is 0 Å². The Morgan fingerprint density at radius 3 is 2.30 bits per heavy atom. The van der Waals surface area contributed by atoms with Crippen LogP contribution in [0.5, 0.6) is 5.75 Å². The van der Waals surface area contributed by atoms with E-state index in [0.29, 0.717) is 18.1 Å². The zero-order valence-corrected chi connectivity index (χ0v) is 17.4. The molecule has 0 spiro atoms. The van der Waals surface area contributed by atoms with Gasteiger partial charge in [-0.1, -0.05) is 71.7 Å². The Kier molecular flexibility index (Phi) is 7.33. The van der Waals surface area contributed by atoms with Gasteiger partial charge in [-0.15, -0.1) is 0 Å². The molecule has 0 aliphatic heterocycles. The van der Waals surface area contributed by atoms with Gasteiger partial charge in [-0.3, -0.25) is 4.79 Å². The van der Waals surface area contributed by atoms with E-state index >= 15 is 0 Å². The summed E-state index contributed by atoms with van der Waals surface area (Å²) in [6, 6.07) is 21.1.